The zero-order valence-corrected chi connectivity index (χ0v) is 18.1. The Kier molecular flexibility index (Phi) is 6.56. The molecule has 162 valence electrons. The molecule has 2 heterocycles. The quantitative estimate of drug-likeness (QED) is 0.519. The van der Waals surface area contributed by atoms with Crippen LogP contribution >= 0.6 is 0 Å². The van der Waals surface area contributed by atoms with Crippen LogP contribution in [0.2, 0.25) is 0 Å². The molecule has 1 saturated heterocycles. The number of Topliss-reactive ketones (excluding diaryl/α,β-unsaturated/α-hetero) is 1. The molecule has 1 aliphatic heterocycles. The van der Waals surface area contributed by atoms with Gasteiger partial charge in [-0.1, -0.05) is 38.1 Å². The maximum atomic E-state index is 13.2. The average Bonchev–Trinajstić information content (AvgIpc) is 3.33. The molecule has 6 heteroatoms. The molecule has 0 aliphatic carbocycles. The maximum Gasteiger partial charge on any atom is 0.166 e. The highest BCUT2D eigenvalue weighted by Gasteiger charge is 2.28. The molecule has 31 heavy (non-hydrogen) atoms. The summed E-state index contributed by atoms with van der Waals surface area (Å²) in [7, 11) is 0. The summed E-state index contributed by atoms with van der Waals surface area (Å²) in [5.74, 6) is 0.303. The van der Waals surface area contributed by atoms with Gasteiger partial charge in [0.1, 0.15) is 18.5 Å². The van der Waals surface area contributed by atoms with Gasteiger partial charge in [-0.3, -0.25) is 4.79 Å². The fraction of sp³-hybridized carbons (Fsp3) is 0.400. The van der Waals surface area contributed by atoms with Gasteiger partial charge in [-0.2, -0.15) is 5.10 Å². The minimum absolute atomic E-state index is 0.00291. The van der Waals surface area contributed by atoms with Gasteiger partial charge < -0.3 is 4.90 Å². The number of rotatable bonds is 7. The van der Waals surface area contributed by atoms with Gasteiger partial charge in [-0.25, -0.2) is 14.1 Å². The Morgan fingerprint density at radius 2 is 1.68 bits per heavy atom. The lowest BCUT2D eigenvalue weighted by Crippen LogP contribution is -2.40. The van der Waals surface area contributed by atoms with Gasteiger partial charge in [0.05, 0.1) is 6.04 Å². The number of aromatic nitrogens is 3. The van der Waals surface area contributed by atoms with E-state index >= 15 is 0 Å². The minimum atomic E-state index is -0.313. The van der Waals surface area contributed by atoms with Crippen LogP contribution in [-0.2, 0) is 0 Å². The summed E-state index contributed by atoms with van der Waals surface area (Å²) in [6.07, 6.45) is 4.97. The van der Waals surface area contributed by atoms with Crippen molar-refractivity contribution in [1.29, 1.82) is 0 Å². The number of ketones is 1. The first kappa shape index (κ1) is 21.4. The monoisotopic (exact) mass is 420 g/mol. The Balaban J connectivity index is 1.42. The molecular formula is C25H29FN4O. The molecule has 0 amide bonds. The van der Waals surface area contributed by atoms with Crippen LogP contribution in [0.4, 0.5) is 4.39 Å². The fourth-order valence-electron chi connectivity index (χ4n) is 4.30. The molecular weight excluding hydrogens is 391 g/mol. The van der Waals surface area contributed by atoms with Crippen molar-refractivity contribution in [3.63, 3.8) is 0 Å². The number of benzene rings is 2. The molecule has 1 aliphatic rings. The van der Waals surface area contributed by atoms with E-state index in [0.717, 1.165) is 32.5 Å². The van der Waals surface area contributed by atoms with Crippen molar-refractivity contribution in [2.75, 3.05) is 19.6 Å². The Labute approximate surface area is 182 Å². The van der Waals surface area contributed by atoms with Gasteiger partial charge in [0.15, 0.2) is 5.78 Å². The largest absolute Gasteiger partial charge is 0.301 e. The van der Waals surface area contributed by atoms with E-state index in [1.807, 2.05) is 4.68 Å². The van der Waals surface area contributed by atoms with Crippen LogP contribution in [0.5, 0.6) is 0 Å². The van der Waals surface area contributed by atoms with Gasteiger partial charge in [-0.15, -0.1) is 0 Å². The molecule has 0 spiro atoms. The third kappa shape index (κ3) is 5.07. The Morgan fingerprint density at radius 3 is 2.26 bits per heavy atom. The van der Waals surface area contributed by atoms with E-state index in [-0.39, 0.29) is 23.6 Å². The smallest absolute Gasteiger partial charge is 0.166 e. The van der Waals surface area contributed by atoms with Crippen LogP contribution in [0.1, 0.15) is 60.1 Å². The average molecular weight is 421 g/mol. The van der Waals surface area contributed by atoms with E-state index in [9.17, 15) is 9.18 Å². The van der Waals surface area contributed by atoms with Crippen molar-refractivity contribution >= 4 is 5.78 Å². The lowest BCUT2D eigenvalue weighted by atomic mass is 9.88. The maximum absolute atomic E-state index is 13.2. The summed E-state index contributed by atoms with van der Waals surface area (Å²) < 4.78 is 15.1. The van der Waals surface area contributed by atoms with Crippen molar-refractivity contribution in [3.05, 3.63) is 83.7 Å². The van der Waals surface area contributed by atoms with Crippen molar-refractivity contribution in [2.24, 2.45) is 5.92 Å². The number of likely N-dealkylation sites (tertiary alicyclic amines) is 1. The van der Waals surface area contributed by atoms with Gasteiger partial charge in [0, 0.05) is 18.0 Å². The van der Waals surface area contributed by atoms with Gasteiger partial charge in [-0.05, 0) is 67.2 Å². The summed E-state index contributed by atoms with van der Waals surface area (Å²) in [6, 6.07) is 14.7. The second-order valence-electron chi connectivity index (χ2n) is 8.66. The van der Waals surface area contributed by atoms with E-state index in [4.69, 9.17) is 0 Å². The molecule has 0 saturated carbocycles. The topological polar surface area (TPSA) is 51.0 Å². The van der Waals surface area contributed by atoms with Crippen molar-refractivity contribution in [1.82, 2.24) is 19.7 Å². The zero-order valence-electron chi connectivity index (χ0n) is 18.1. The summed E-state index contributed by atoms with van der Waals surface area (Å²) in [4.78, 5) is 19.3. The van der Waals surface area contributed by atoms with Crippen LogP contribution in [0, 0.1) is 11.7 Å². The van der Waals surface area contributed by atoms with Crippen molar-refractivity contribution in [3.8, 4) is 0 Å². The zero-order chi connectivity index (χ0) is 21.8. The molecule has 2 aromatic carbocycles. The molecule has 1 aromatic heterocycles. The van der Waals surface area contributed by atoms with E-state index in [0.29, 0.717) is 11.5 Å². The molecule has 1 unspecified atom stereocenters. The number of carbonyl (C=O) groups is 1. The van der Waals surface area contributed by atoms with Gasteiger partial charge >= 0.3 is 0 Å². The summed E-state index contributed by atoms with van der Waals surface area (Å²) in [6.45, 7) is 6.92. The second kappa shape index (κ2) is 9.52. The normalized spacial score (nSPS) is 16.5. The number of hydrogen-bond donors (Lipinski definition) is 0. The van der Waals surface area contributed by atoms with Crippen molar-refractivity contribution in [2.45, 2.75) is 38.6 Å². The minimum Gasteiger partial charge on any atom is -0.301 e. The summed E-state index contributed by atoms with van der Waals surface area (Å²) in [5, 5.41) is 4.40. The number of piperidine rings is 1. The standard InChI is InChI=1S/C25H29FN4O/c1-18(2)19-3-5-20(6-4-19)24(30-17-27-16-28-30)15-29-13-11-22(12-14-29)25(31)21-7-9-23(26)10-8-21/h3-10,16-18,22,24H,11-15H2,1-2H3. The van der Waals surface area contributed by atoms with Crippen molar-refractivity contribution < 1.29 is 9.18 Å². The highest BCUT2D eigenvalue weighted by molar-refractivity contribution is 5.97. The fourth-order valence-corrected chi connectivity index (χ4v) is 4.30. The third-order valence-electron chi connectivity index (χ3n) is 6.26. The van der Waals surface area contributed by atoms with Crippen LogP contribution in [0.3, 0.4) is 0 Å². The third-order valence-corrected chi connectivity index (χ3v) is 6.26. The first-order valence-corrected chi connectivity index (χ1v) is 11.0. The van der Waals surface area contributed by atoms with E-state index in [2.05, 4.69) is 53.1 Å². The summed E-state index contributed by atoms with van der Waals surface area (Å²) in [5.41, 5.74) is 3.13. The Morgan fingerprint density at radius 1 is 1.03 bits per heavy atom. The van der Waals surface area contributed by atoms with Crippen LogP contribution in [0.15, 0.2) is 61.2 Å². The predicted molar refractivity (Wildman–Crippen MR) is 119 cm³/mol. The first-order chi connectivity index (χ1) is 15.0. The Hall–Kier alpha value is -2.86. The molecule has 5 nitrogen and oxygen atoms in total. The van der Waals surface area contributed by atoms with Crippen LogP contribution in [0.25, 0.3) is 0 Å². The van der Waals surface area contributed by atoms with Gasteiger partial charge in [0.25, 0.3) is 0 Å². The van der Waals surface area contributed by atoms with E-state index < -0.39 is 0 Å². The lowest BCUT2D eigenvalue weighted by molar-refractivity contribution is 0.0831. The lowest BCUT2D eigenvalue weighted by Gasteiger charge is -2.34. The van der Waals surface area contributed by atoms with Crippen LogP contribution in [-0.4, -0.2) is 45.1 Å². The molecule has 4 rings (SSSR count). The first-order valence-electron chi connectivity index (χ1n) is 11.0. The number of nitrogens with zero attached hydrogens (tertiary/aromatic N) is 4. The number of halogens is 1. The second-order valence-corrected chi connectivity index (χ2v) is 8.66. The molecule has 0 bridgehead atoms. The van der Waals surface area contributed by atoms with E-state index in [1.54, 1.807) is 24.8 Å². The highest BCUT2D eigenvalue weighted by atomic mass is 19.1. The highest BCUT2D eigenvalue weighted by Crippen LogP contribution is 2.26. The van der Waals surface area contributed by atoms with Gasteiger partial charge in [0.2, 0.25) is 0 Å². The molecule has 0 radical (unpaired) electrons. The molecule has 0 N–H and O–H groups in total. The number of hydrogen-bond acceptors (Lipinski definition) is 4. The summed E-state index contributed by atoms with van der Waals surface area (Å²) >= 11 is 0. The molecule has 3 aromatic rings. The van der Waals surface area contributed by atoms with Crippen LogP contribution < -0.4 is 0 Å². The number of carbonyl (C=O) groups excluding carboxylic acids is 1. The predicted octanol–water partition coefficient (Wildman–Crippen LogP) is 4.72. The molecule has 1 fully saturated rings. The Bertz CT molecular complexity index is 975. The van der Waals surface area contributed by atoms with E-state index in [1.165, 1.54) is 23.3 Å². The molecule has 1 atom stereocenters. The SMILES string of the molecule is CC(C)c1ccc(C(CN2CCC(C(=O)c3ccc(F)cc3)CC2)n2cncn2)cc1.